The Kier molecular flexibility index (Phi) is 6.94. The van der Waals surface area contributed by atoms with Crippen LogP contribution in [0, 0.1) is 5.41 Å². The van der Waals surface area contributed by atoms with E-state index < -0.39 is 11.4 Å². The number of rotatable bonds is 7. The van der Waals surface area contributed by atoms with E-state index in [0.717, 1.165) is 34.5 Å². The van der Waals surface area contributed by atoms with Crippen LogP contribution in [0.3, 0.4) is 0 Å². The highest BCUT2D eigenvalue weighted by Crippen LogP contribution is 2.43. The molecule has 33 heavy (non-hydrogen) atoms. The van der Waals surface area contributed by atoms with Gasteiger partial charge >= 0.3 is 5.97 Å². The summed E-state index contributed by atoms with van der Waals surface area (Å²) >= 11 is 6.85. The fourth-order valence-corrected chi connectivity index (χ4v) is 4.86. The Hall–Kier alpha value is -2.98. The first kappa shape index (κ1) is 23.2. The van der Waals surface area contributed by atoms with Gasteiger partial charge in [-0.15, -0.1) is 0 Å². The Labute approximate surface area is 200 Å². The van der Waals surface area contributed by atoms with Crippen LogP contribution in [0.5, 0.6) is 5.75 Å². The molecule has 3 aromatic carbocycles. The maximum Gasteiger partial charge on any atom is 0.309 e. The number of fused-ring (bicyclic) bond motifs is 1. The van der Waals surface area contributed by atoms with Crippen LogP contribution in [-0.2, 0) is 11.2 Å². The standard InChI is InChI=1S/C28H30ClNO3/c1-3-17-33-22-13-14-23(24(29)18-22)26(20-9-5-4-6-10-20)30-16-15-28(2,27(31)32)19-21-11-7-8-12-25(21)30/h4-14,18,26H,3,15-17,19H2,1-2H3,(H,31,32). The molecule has 0 spiro atoms. The number of nitrogens with zero attached hydrogens (tertiary/aromatic N) is 1. The number of hydrogen-bond donors (Lipinski definition) is 1. The van der Waals surface area contributed by atoms with Gasteiger partial charge in [-0.25, -0.2) is 0 Å². The topological polar surface area (TPSA) is 49.8 Å². The summed E-state index contributed by atoms with van der Waals surface area (Å²) in [6, 6.07) is 24.1. The van der Waals surface area contributed by atoms with Crippen molar-refractivity contribution in [1.82, 2.24) is 0 Å². The lowest BCUT2D eigenvalue weighted by atomic mass is 9.81. The summed E-state index contributed by atoms with van der Waals surface area (Å²) < 4.78 is 5.79. The summed E-state index contributed by atoms with van der Waals surface area (Å²) in [5, 5.41) is 10.6. The zero-order chi connectivity index (χ0) is 23.4. The van der Waals surface area contributed by atoms with Crippen LogP contribution in [0.2, 0.25) is 5.02 Å². The zero-order valence-corrected chi connectivity index (χ0v) is 19.9. The third-order valence-corrected chi connectivity index (χ3v) is 6.80. The first-order chi connectivity index (χ1) is 15.9. The van der Waals surface area contributed by atoms with E-state index in [1.54, 1.807) is 0 Å². The van der Waals surface area contributed by atoms with Crippen molar-refractivity contribution >= 4 is 23.3 Å². The van der Waals surface area contributed by atoms with Crippen LogP contribution in [0.25, 0.3) is 0 Å². The second-order valence-corrected chi connectivity index (χ2v) is 9.37. The number of para-hydroxylation sites is 1. The van der Waals surface area contributed by atoms with E-state index >= 15 is 0 Å². The maximum atomic E-state index is 12.2. The number of halogens is 1. The molecule has 5 heteroatoms. The van der Waals surface area contributed by atoms with Gasteiger partial charge in [0.15, 0.2) is 0 Å². The van der Waals surface area contributed by atoms with E-state index in [2.05, 4.69) is 30.0 Å². The molecule has 1 aliphatic rings. The molecule has 0 radical (unpaired) electrons. The van der Waals surface area contributed by atoms with Gasteiger partial charge in [-0.05, 0) is 61.1 Å². The molecule has 172 valence electrons. The monoisotopic (exact) mass is 463 g/mol. The Morgan fingerprint density at radius 1 is 1.12 bits per heavy atom. The molecule has 4 rings (SSSR count). The number of hydrogen-bond acceptors (Lipinski definition) is 3. The normalized spacial score (nSPS) is 18.8. The quantitative estimate of drug-likeness (QED) is 0.420. The molecule has 0 aliphatic carbocycles. The molecule has 1 aliphatic heterocycles. The zero-order valence-electron chi connectivity index (χ0n) is 19.1. The third kappa shape index (κ3) is 4.86. The summed E-state index contributed by atoms with van der Waals surface area (Å²) in [5.41, 5.74) is 3.35. The first-order valence-corrected chi connectivity index (χ1v) is 11.9. The number of benzene rings is 3. The molecule has 2 atom stereocenters. The van der Waals surface area contributed by atoms with Gasteiger partial charge in [0, 0.05) is 17.3 Å². The molecule has 0 aromatic heterocycles. The molecule has 2 unspecified atom stereocenters. The van der Waals surface area contributed by atoms with Crippen LogP contribution in [0.15, 0.2) is 72.8 Å². The molecular weight excluding hydrogens is 434 g/mol. The molecule has 0 saturated heterocycles. The van der Waals surface area contributed by atoms with Crippen LogP contribution in [-0.4, -0.2) is 24.2 Å². The summed E-state index contributed by atoms with van der Waals surface area (Å²) in [7, 11) is 0. The predicted molar refractivity (Wildman–Crippen MR) is 133 cm³/mol. The van der Waals surface area contributed by atoms with Gasteiger partial charge < -0.3 is 14.7 Å². The van der Waals surface area contributed by atoms with E-state index in [4.69, 9.17) is 16.3 Å². The van der Waals surface area contributed by atoms with E-state index in [1.165, 1.54) is 0 Å². The highest BCUT2D eigenvalue weighted by atomic mass is 35.5. The molecule has 0 amide bonds. The van der Waals surface area contributed by atoms with Crippen LogP contribution < -0.4 is 9.64 Å². The molecular formula is C28H30ClNO3. The van der Waals surface area contributed by atoms with E-state index in [1.807, 2.05) is 61.5 Å². The van der Waals surface area contributed by atoms with E-state index in [9.17, 15) is 9.90 Å². The Bertz CT molecular complexity index is 1120. The number of carboxylic acid groups (broad SMARTS) is 1. The molecule has 1 N–H and O–H groups in total. The van der Waals surface area contributed by atoms with Crippen LogP contribution in [0.4, 0.5) is 5.69 Å². The summed E-state index contributed by atoms with van der Waals surface area (Å²) in [6.07, 6.45) is 1.96. The SMILES string of the molecule is CCCOc1ccc(C(c2ccccc2)N2CCC(C)(C(=O)O)Cc3ccccc32)c(Cl)c1. The van der Waals surface area contributed by atoms with Crippen LogP contribution in [0.1, 0.15) is 49.4 Å². The van der Waals surface area contributed by atoms with Gasteiger partial charge in [0.2, 0.25) is 0 Å². The fourth-order valence-electron chi connectivity index (χ4n) is 4.59. The lowest BCUT2D eigenvalue weighted by Gasteiger charge is -2.35. The fraction of sp³-hybridized carbons (Fsp3) is 0.321. The van der Waals surface area contributed by atoms with Crippen molar-refractivity contribution < 1.29 is 14.6 Å². The van der Waals surface area contributed by atoms with Crippen molar-refractivity contribution in [2.24, 2.45) is 5.41 Å². The Balaban J connectivity index is 1.83. The molecule has 0 saturated carbocycles. The van der Waals surface area contributed by atoms with E-state index in [-0.39, 0.29) is 6.04 Å². The second kappa shape index (κ2) is 9.88. The van der Waals surface area contributed by atoms with Gasteiger partial charge in [-0.1, -0.05) is 73.1 Å². The van der Waals surface area contributed by atoms with Crippen molar-refractivity contribution in [3.8, 4) is 5.75 Å². The molecule has 0 fully saturated rings. The molecule has 0 bridgehead atoms. The number of aliphatic carboxylic acids is 1. The van der Waals surface area contributed by atoms with Gasteiger partial charge in [-0.2, -0.15) is 0 Å². The average molecular weight is 464 g/mol. The minimum Gasteiger partial charge on any atom is -0.494 e. The second-order valence-electron chi connectivity index (χ2n) is 8.96. The Morgan fingerprint density at radius 3 is 2.55 bits per heavy atom. The molecule has 1 heterocycles. The van der Waals surface area contributed by atoms with Crippen LogP contribution >= 0.6 is 11.6 Å². The number of ether oxygens (including phenoxy) is 1. The Morgan fingerprint density at radius 2 is 1.85 bits per heavy atom. The molecule has 3 aromatic rings. The van der Waals surface area contributed by atoms with Gasteiger partial charge in [0.25, 0.3) is 0 Å². The smallest absolute Gasteiger partial charge is 0.309 e. The van der Waals surface area contributed by atoms with Crippen molar-refractivity contribution in [3.63, 3.8) is 0 Å². The summed E-state index contributed by atoms with van der Waals surface area (Å²) in [6.45, 7) is 5.16. The number of carboxylic acids is 1. The average Bonchev–Trinajstić information content (AvgIpc) is 2.97. The summed E-state index contributed by atoms with van der Waals surface area (Å²) in [5.74, 6) is -0.00185. The minimum absolute atomic E-state index is 0.156. The van der Waals surface area contributed by atoms with Crippen molar-refractivity contribution in [2.75, 3.05) is 18.1 Å². The highest BCUT2D eigenvalue weighted by Gasteiger charge is 2.39. The van der Waals surface area contributed by atoms with Gasteiger partial charge in [-0.3, -0.25) is 4.79 Å². The van der Waals surface area contributed by atoms with Crippen molar-refractivity contribution in [3.05, 3.63) is 94.5 Å². The molecule has 4 nitrogen and oxygen atoms in total. The van der Waals surface area contributed by atoms with Crippen molar-refractivity contribution in [2.45, 2.75) is 39.2 Å². The first-order valence-electron chi connectivity index (χ1n) is 11.5. The maximum absolute atomic E-state index is 12.2. The van der Waals surface area contributed by atoms with Gasteiger partial charge in [0.05, 0.1) is 18.1 Å². The van der Waals surface area contributed by atoms with E-state index in [0.29, 0.717) is 31.0 Å². The highest BCUT2D eigenvalue weighted by molar-refractivity contribution is 6.31. The van der Waals surface area contributed by atoms with Crippen molar-refractivity contribution in [1.29, 1.82) is 0 Å². The number of carbonyl (C=O) groups is 1. The minimum atomic E-state index is -0.826. The predicted octanol–water partition coefficient (Wildman–Crippen LogP) is 6.76. The summed E-state index contributed by atoms with van der Waals surface area (Å²) in [4.78, 5) is 14.5. The lowest BCUT2D eigenvalue weighted by Crippen LogP contribution is -2.34. The largest absolute Gasteiger partial charge is 0.494 e. The third-order valence-electron chi connectivity index (χ3n) is 6.47. The van der Waals surface area contributed by atoms with Gasteiger partial charge in [0.1, 0.15) is 5.75 Å². The number of anilines is 1. The lowest BCUT2D eigenvalue weighted by molar-refractivity contribution is -0.148.